The van der Waals surface area contributed by atoms with Crippen LogP contribution in [-0.4, -0.2) is 59.0 Å². The Morgan fingerprint density at radius 1 is 1.23 bits per heavy atom. The van der Waals surface area contributed by atoms with Crippen molar-refractivity contribution in [3.8, 4) is 0 Å². The highest BCUT2D eigenvalue weighted by Crippen LogP contribution is 2.34. The molecule has 4 rings (SSSR count). The second kappa shape index (κ2) is 9.35. The van der Waals surface area contributed by atoms with Crippen molar-refractivity contribution < 1.29 is 14.9 Å². The number of halogens is 1. The molecule has 0 unspecified atom stereocenters. The first kappa shape index (κ1) is 21.8. The quantitative estimate of drug-likeness (QED) is 0.393. The molecule has 3 heterocycles. The average molecular weight is 541 g/mol. The van der Waals surface area contributed by atoms with Crippen LogP contribution in [-0.2, 0) is 11.3 Å². The Hall–Kier alpha value is -1.47. The summed E-state index contributed by atoms with van der Waals surface area (Å²) in [6, 6.07) is 8.21. The van der Waals surface area contributed by atoms with Crippen molar-refractivity contribution in [3.05, 3.63) is 46.1 Å². The normalized spacial score (nSPS) is 24.1. The predicted octanol–water partition coefficient (Wildman–Crippen LogP) is 2.80. The summed E-state index contributed by atoms with van der Waals surface area (Å²) in [5, 5.41) is 24.7. The first-order chi connectivity index (χ1) is 14.4. The van der Waals surface area contributed by atoms with Gasteiger partial charge in [-0.15, -0.1) is 0 Å². The van der Waals surface area contributed by atoms with E-state index < -0.39 is 24.5 Å². The van der Waals surface area contributed by atoms with E-state index in [1.54, 1.807) is 22.7 Å². The Bertz CT molecular complexity index is 1020. The minimum absolute atomic E-state index is 0.417. The number of aliphatic hydroxyl groups is 2. The molecule has 0 radical (unpaired) electrons. The van der Waals surface area contributed by atoms with Gasteiger partial charge in [0.15, 0.2) is 23.2 Å². The van der Waals surface area contributed by atoms with Crippen molar-refractivity contribution >= 4 is 51.3 Å². The monoisotopic (exact) mass is 541 g/mol. The molecule has 4 atom stereocenters. The van der Waals surface area contributed by atoms with Gasteiger partial charge in [0.2, 0.25) is 0 Å². The van der Waals surface area contributed by atoms with Crippen molar-refractivity contribution in [2.45, 2.75) is 50.2 Å². The minimum atomic E-state index is -1.06. The van der Waals surface area contributed by atoms with Gasteiger partial charge < -0.3 is 20.3 Å². The Balaban J connectivity index is 1.54. The topological polar surface area (TPSA) is 105 Å². The maximum Gasteiger partial charge on any atom is 0.167 e. The summed E-state index contributed by atoms with van der Waals surface area (Å²) in [6.45, 7) is 4.78. The molecule has 0 amide bonds. The third-order valence-corrected chi connectivity index (χ3v) is 6.77. The van der Waals surface area contributed by atoms with Gasteiger partial charge in [-0.3, -0.25) is 4.57 Å². The van der Waals surface area contributed by atoms with Crippen LogP contribution in [0.15, 0.2) is 36.9 Å². The number of nitrogens with zero attached hydrogens (tertiary/aromatic N) is 4. The first-order valence-corrected chi connectivity index (χ1v) is 11.9. The van der Waals surface area contributed by atoms with Gasteiger partial charge in [0.1, 0.15) is 18.5 Å². The maximum atomic E-state index is 10.6. The van der Waals surface area contributed by atoms with Crippen LogP contribution in [0.3, 0.4) is 0 Å². The molecular formula is C20H24IN5O3S. The summed E-state index contributed by atoms with van der Waals surface area (Å²) in [6.07, 6.45) is -0.177. The zero-order chi connectivity index (χ0) is 21.3. The molecule has 8 nitrogen and oxygen atoms in total. The van der Waals surface area contributed by atoms with Crippen molar-refractivity contribution in [2.24, 2.45) is 0 Å². The summed E-state index contributed by atoms with van der Waals surface area (Å²) in [7, 11) is 0. The van der Waals surface area contributed by atoms with Crippen LogP contribution in [0.4, 0.5) is 5.82 Å². The lowest BCUT2D eigenvalue weighted by Gasteiger charge is -2.16. The van der Waals surface area contributed by atoms with Crippen molar-refractivity contribution in [3.63, 3.8) is 0 Å². The van der Waals surface area contributed by atoms with Crippen LogP contribution in [0.25, 0.3) is 11.2 Å². The molecule has 0 saturated carbocycles. The molecule has 10 heteroatoms. The molecule has 2 aromatic heterocycles. The summed E-state index contributed by atoms with van der Waals surface area (Å²) >= 11 is 3.97. The lowest BCUT2D eigenvalue weighted by atomic mass is 10.1. The van der Waals surface area contributed by atoms with Gasteiger partial charge >= 0.3 is 0 Å². The first-order valence-electron chi connectivity index (χ1n) is 9.73. The van der Waals surface area contributed by atoms with Crippen LogP contribution in [0.2, 0.25) is 0 Å². The Morgan fingerprint density at radius 3 is 2.83 bits per heavy atom. The van der Waals surface area contributed by atoms with E-state index in [2.05, 4.69) is 62.8 Å². The van der Waals surface area contributed by atoms with E-state index in [-0.39, 0.29) is 0 Å². The standard InChI is InChI=1S/C20H24IN5O3S/c1-11(2)30-8-14-16(27)17(28)20(29-14)26-10-25-15-18(23-9-24-19(15)26)22-7-12-4-3-5-13(21)6-12/h3-6,9-11,14,16-17,20,27-28H,7-8H2,1-2H3,(H,22,23,24)/t14-,16-,17-,20-/m1/s1. The molecule has 1 saturated heterocycles. The number of ether oxygens (including phenoxy) is 1. The number of imidazole rings is 1. The number of aromatic nitrogens is 4. The zero-order valence-electron chi connectivity index (χ0n) is 16.6. The van der Waals surface area contributed by atoms with Gasteiger partial charge in [0, 0.05) is 15.9 Å². The molecule has 0 aliphatic carbocycles. The fourth-order valence-electron chi connectivity index (χ4n) is 3.38. The lowest BCUT2D eigenvalue weighted by Crippen LogP contribution is -2.32. The smallest absolute Gasteiger partial charge is 0.167 e. The van der Waals surface area contributed by atoms with E-state index in [9.17, 15) is 10.2 Å². The SMILES string of the molecule is CC(C)SC[C@H]1O[C@@H](n2cnc3c(NCc4cccc(I)c4)ncnc32)[C@H](O)[C@@H]1O. The molecule has 160 valence electrons. The van der Waals surface area contributed by atoms with E-state index in [4.69, 9.17) is 4.74 Å². The van der Waals surface area contributed by atoms with Crippen molar-refractivity contribution in [1.29, 1.82) is 0 Å². The number of anilines is 1. The fraction of sp³-hybridized carbons (Fsp3) is 0.450. The van der Waals surface area contributed by atoms with E-state index in [1.807, 2.05) is 18.2 Å². The number of rotatable bonds is 7. The van der Waals surface area contributed by atoms with E-state index in [0.29, 0.717) is 34.5 Å². The summed E-state index contributed by atoms with van der Waals surface area (Å²) < 4.78 is 8.83. The molecule has 0 bridgehead atoms. The van der Waals surface area contributed by atoms with Crippen molar-refractivity contribution in [1.82, 2.24) is 19.5 Å². The maximum absolute atomic E-state index is 10.6. The van der Waals surface area contributed by atoms with Crippen LogP contribution in [0.1, 0.15) is 25.6 Å². The number of nitrogens with one attached hydrogen (secondary N) is 1. The number of thioether (sulfide) groups is 1. The molecule has 1 aromatic carbocycles. The Labute approximate surface area is 192 Å². The lowest BCUT2D eigenvalue weighted by molar-refractivity contribution is -0.0289. The largest absolute Gasteiger partial charge is 0.387 e. The molecule has 0 spiro atoms. The average Bonchev–Trinajstić information content (AvgIpc) is 3.27. The zero-order valence-corrected chi connectivity index (χ0v) is 19.6. The molecule has 1 fully saturated rings. The predicted molar refractivity (Wildman–Crippen MR) is 125 cm³/mol. The summed E-state index contributed by atoms with van der Waals surface area (Å²) in [5.41, 5.74) is 2.27. The Morgan fingerprint density at radius 2 is 2.07 bits per heavy atom. The van der Waals surface area contributed by atoms with Gasteiger partial charge in [-0.1, -0.05) is 26.0 Å². The number of benzene rings is 1. The summed E-state index contributed by atoms with van der Waals surface area (Å²) in [4.78, 5) is 13.1. The number of fused-ring (bicyclic) bond motifs is 1. The van der Waals surface area contributed by atoms with Crippen LogP contribution >= 0.6 is 34.4 Å². The molecule has 1 aliphatic rings. The van der Waals surface area contributed by atoms with Crippen molar-refractivity contribution in [2.75, 3.05) is 11.1 Å². The van der Waals surface area contributed by atoms with Gasteiger partial charge in [-0.05, 0) is 45.5 Å². The van der Waals surface area contributed by atoms with E-state index >= 15 is 0 Å². The highest BCUT2D eigenvalue weighted by molar-refractivity contribution is 14.1. The number of aliphatic hydroxyl groups excluding tert-OH is 2. The highest BCUT2D eigenvalue weighted by Gasteiger charge is 2.44. The van der Waals surface area contributed by atoms with Gasteiger partial charge in [0.25, 0.3) is 0 Å². The van der Waals surface area contributed by atoms with E-state index in [0.717, 1.165) is 5.56 Å². The van der Waals surface area contributed by atoms with Crippen LogP contribution in [0.5, 0.6) is 0 Å². The number of hydrogen-bond acceptors (Lipinski definition) is 8. The third-order valence-electron chi connectivity index (χ3n) is 4.91. The van der Waals surface area contributed by atoms with Crippen LogP contribution in [0, 0.1) is 3.57 Å². The van der Waals surface area contributed by atoms with E-state index in [1.165, 1.54) is 9.90 Å². The third kappa shape index (κ3) is 4.57. The number of hydrogen-bond donors (Lipinski definition) is 3. The van der Waals surface area contributed by atoms with Gasteiger partial charge in [-0.25, -0.2) is 15.0 Å². The second-order valence-corrected chi connectivity index (χ2v) is 10.3. The summed E-state index contributed by atoms with van der Waals surface area (Å²) in [5.74, 6) is 1.22. The molecule has 3 aromatic rings. The van der Waals surface area contributed by atoms with Gasteiger partial charge in [0.05, 0.1) is 12.4 Å². The molecule has 1 aliphatic heterocycles. The van der Waals surface area contributed by atoms with Gasteiger partial charge in [-0.2, -0.15) is 11.8 Å². The minimum Gasteiger partial charge on any atom is -0.387 e. The fourth-order valence-corrected chi connectivity index (χ4v) is 4.84. The second-order valence-electron chi connectivity index (χ2n) is 7.46. The molecular weight excluding hydrogens is 517 g/mol. The highest BCUT2D eigenvalue weighted by atomic mass is 127. The van der Waals surface area contributed by atoms with Crippen LogP contribution < -0.4 is 5.32 Å². The Kier molecular flexibility index (Phi) is 6.78. The molecule has 30 heavy (non-hydrogen) atoms. The molecule has 3 N–H and O–H groups in total.